The van der Waals surface area contributed by atoms with Crippen LogP contribution in [0.4, 0.5) is 0 Å². The molecule has 0 spiro atoms. The Balaban J connectivity index is 1.42. The lowest BCUT2D eigenvalue weighted by molar-refractivity contribution is 1.24. The van der Waals surface area contributed by atoms with Crippen LogP contribution in [0.15, 0.2) is 85.5 Å². The van der Waals surface area contributed by atoms with E-state index in [1.807, 2.05) is 30.9 Å². The number of hydrogen-bond acceptors (Lipinski definition) is 3. The second-order valence-electron chi connectivity index (χ2n) is 9.68. The highest BCUT2D eigenvalue weighted by Gasteiger charge is 2.30. The van der Waals surface area contributed by atoms with Crippen molar-refractivity contribution in [1.82, 2.24) is 19.4 Å². The van der Waals surface area contributed by atoms with Crippen LogP contribution in [0.5, 0.6) is 0 Å². The third-order valence-electron chi connectivity index (χ3n) is 8.03. The van der Waals surface area contributed by atoms with Crippen molar-refractivity contribution in [2.24, 2.45) is 0 Å². The van der Waals surface area contributed by atoms with Crippen molar-refractivity contribution in [1.29, 1.82) is 0 Å². The first-order chi connectivity index (χ1) is 17.4. The van der Waals surface area contributed by atoms with E-state index in [1.54, 1.807) is 0 Å². The average molecular weight is 447 g/mol. The molecule has 0 saturated heterocycles. The van der Waals surface area contributed by atoms with E-state index in [2.05, 4.69) is 69.0 Å². The average Bonchev–Trinajstić information content (AvgIpc) is 3.59. The van der Waals surface area contributed by atoms with Gasteiger partial charge in [-0.2, -0.15) is 0 Å². The number of aromatic nitrogens is 4. The molecular formula is C31H18N4. The fraction of sp³-hybridized carbons (Fsp3) is 0.0645. The largest absolute Gasteiger partial charge is 0.291 e. The Labute approximate surface area is 200 Å². The van der Waals surface area contributed by atoms with E-state index in [0.717, 1.165) is 35.0 Å². The van der Waals surface area contributed by atoms with Crippen LogP contribution in [0.1, 0.15) is 22.3 Å². The first kappa shape index (κ1) is 17.8. The fourth-order valence-electron chi connectivity index (χ4n) is 6.62. The summed E-state index contributed by atoms with van der Waals surface area (Å²) >= 11 is 0. The van der Waals surface area contributed by atoms with Gasteiger partial charge in [-0.05, 0) is 75.5 Å². The van der Waals surface area contributed by atoms with E-state index in [0.29, 0.717) is 0 Å². The molecule has 0 atom stereocenters. The van der Waals surface area contributed by atoms with E-state index in [1.165, 1.54) is 60.7 Å². The molecule has 162 valence electrons. The molecule has 0 N–H and O–H groups in total. The topological polar surface area (TPSA) is 43.1 Å². The van der Waals surface area contributed by atoms with Gasteiger partial charge in [0.05, 0.1) is 17.2 Å². The summed E-state index contributed by atoms with van der Waals surface area (Å²) in [4.78, 5) is 13.9. The molecule has 0 bridgehead atoms. The van der Waals surface area contributed by atoms with Crippen molar-refractivity contribution in [3.05, 3.63) is 108 Å². The third kappa shape index (κ3) is 2.11. The molecule has 0 amide bonds. The number of rotatable bonds is 0. The van der Waals surface area contributed by atoms with Gasteiger partial charge in [-0.1, -0.05) is 42.5 Å². The zero-order chi connectivity index (χ0) is 22.7. The lowest BCUT2D eigenvalue weighted by Crippen LogP contribution is -1.95. The summed E-state index contributed by atoms with van der Waals surface area (Å²) < 4.78 is 2.26. The maximum absolute atomic E-state index is 5.04. The van der Waals surface area contributed by atoms with Gasteiger partial charge in [0.15, 0.2) is 0 Å². The van der Waals surface area contributed by atoms with Crippen LogP contribution in [0.2, 0.25) is 0 Å². The van der Waals surface area contributed by atoms with Crippen molar-refractivity contribution in [2.75, 3.05) is 0 Å². The summed E-state index contributed by atoms with van der Waals surface area (Å²) in [6, 6.07) is 22.3. The Hall–Kier alpha value is -4.57. The molecule has 9 rings (SSSR count). The minimum absolute atomic E-state index is 0.913. The summed E-state index contributed by atoms with van der Waals surface area (Å²) in [5.74, 6) is 0. The minimum Gasteiger partial charge on any atom is -0.291 e. The Kier molecular flexibility index (Phi) is 3.11. The Morgan fingerprint density at radius 3 is 2.43 bits per heavy atom. The Bertz CT molecular complexity index is 2070. The molecule has 4 heteroatoms. The van der Waals surface area contributed by atoms with Gasteiger partial charge in [0.1, 0.15) is 11.2 Å². The van der Waals surface area contributed by atoms with Crippen LogP contribution < -0.4 is 0 Å². The first-order valence-corrected chi connectivity index (χ1v) is 12.0. The van der Waals surface area contributed by atoms with Crippen molar-refractivity contribution in [3.8, 4) is 22.3 Å². The van der Waals surface area contributed by atoms with Crippen LogP contribution in [-0.2, 0) is 12.8 Å². The maximum Gasteiger partial charge on any atom is 0.146 e. The lowest BCUT2D eigenvalue weighted by atomic mass is 9.95. The van der Waals surface area contributed by atoms with E-state index < -0.39 is 0 Å². The second-order valence-corrected chi connectivity index (χ2v) is 9.68. The van der Waals surface area contributed by atoms with Crippen LogP contribution in [0, 0.1) is 0 Å². The molecule has 0 fully saturated rings. The number of imidazole rings is 1. The number of fused-ring (bicyclic) bond motifs is 16. The number of pyridine rings is 3. The van der Waals surface area contributed by atoms with E-state index in [9.17, 15) is 0 Å². The zero-order valence-corrected chi connectivity index (χ0v) is 18.8. The summed E-state index contributed by atoms with van der Waals surface area (Å²) in [6.45, 7) is 0. The lowest BCUT2D eigenvalue weighted by Gasteiger charge is -2.12. The zero-order valence-electron chi connectivity index (χ0n) is 18.8. The van der Waals surface area contributed by atoms with Crippen molar-refractivity contribution in [3.63, 3.8) is 0 Å². The fourth-order valence-corrected chi connectivity index (χ4v) is 6.62. The molecule has 3 aromatic carbocycles. The van der Waals surface area contributed by atoms with Gasteiger partial charge in [0, 0.05) is 34.7 Å². The summed E-state index contributed by atoms with van der Waals surface area (Å²) in [6.07, 6.45) is 9.55. The monoisotopic (exact) mass is 446 g/mol. The molecule has 35 heavy (non-hydrogen) atoms. The molecular weight excluding hydrogens is 428 g/mol. The second kappa shape index (κ2) is 6.10. The van der Waals surface area contributed by atoms with Crippen LogP contribution in [0.25, 0.3) is 60.6 Å². The van der Waals surface area contributed by atoms with Gasteiger partial charge in [-0.15, -0.1) is 0 Å². The molecule has 2 aliphatic rings. The Morgan fingerprint density at radius 1 is 0.629 bits per heavy atom. The molecule has 7 aromatic rings. The van der Waals surface area contributed by atoms with Gasteiger partial charge in [0.25, 0.3) is 0 Å². The number of hydrogen-bond donors (Lipinski definition) is 0. The molecule has 4 aromatic heterocycles. The molecule has 0 saturated carbocycles. The van der Waals surface area contributed by atoms with E-state index >= 15 is 0 Å². The number of benzene rings is 3. The predicted molar refractivity (Wildman–Crippen MR) is 140 cm³/mol. The predicted octanol–water partition coefficient (Wildman–Crippen LogP) is 6.73. The van der Waals surface area contributed by atoms with Gasteiger partial charge in [-0.25, -0.2) is 4.98 Å². The maximum atomic E-state index is 5.04. The summed E-state index contributed by atoms with van der Waals surface area (Å²) in [7, 11) is 0. The molecule has 4 heterocycles. The highest BCUT2D eigenvalue weighted by atomic mass is 15.0. The normalized spacial score (nSPS) is 13.5. The standard InChI is InChI=1S/C31H18N4/c1-2-4-19-17(3-1)13-18-5-6-20-21-7-8-22-30(24(21)14-23(20)29(18)19)25-15-32-11-9-27(25)35-28-10-12-33-16-26(28)34-31(22)35/h1-12,15-16H,13-14H2. The van der Waals surface area contributed by atoms with Gasteiger partial charge in [-0.3, -0.25) is 14.4 Å². The van der Waals surface area contributed by atoms with Crippen LogP contribution in [-0.4, -0.2) is 19.4 Å². The number of nitrogens with zero attached hydrogens (tertiary/aromatic N) is 4. The Morgan fingerprint density at radius 2 is 1.46 bits per heavy atom. The van der Waals surface area contributed by atoms with Crippen molar-refractivity contribution in [2.45, 2.75) is 12.8 Å². The van der Waals surface area contributed by atoms with Crippen LogP contribution >= 0.6 is 0 Å². The van der Waals surface area contributed by atoms with E-state index in [4.69, 9.17) is 4.98 Å². The van der Waals surface area contributed by atoms with Crippen LogP contribution in [0.3, 0.4) is 0 Å². The molecule has 2 aliphatic carbocycles. The highest BCUT2D eigenvalue weighted by molar-refractivity contribution is 6.17. The van der Waals surface area contributed by atoms with Gasteiger partial charge >= 0.3 is 0 Å². The van der Waals surface area contributed by atoms with Gasteiger partial charge < -0.3 is 0 Å². The molecule has 0 radical (unpaired) electrons. The first-order valence-electron chi connectivity index (χ1n) is 12.0. The molecule has 0 aliphatic heterocycles. The molecule has 4 nitrogen and oxygen atoms in total. The van der Waals surface area contributed by atoms with E-state index in [-0.39, 0.29) is 0 Å². The van der Waals surface area contributed by atoms with Crippen molar-refractivity contribution >= 4 is 38.4 Å². The highest BCUT2D eigenvalue weighted by Crippen LogP contribution is 2.50. The van der Waals surface area contributed by atoms with Gasteiger partial charge in [0.2, 0.25) is 0 Å². The smallest absolute Gasteiger partial charge is 0.146 e. The van der Waals surface area contributed by atoms with Crippen molar-refractivity contribution < 1.29 is 0 Å². The SMILES string of the molecule is c1ccc2c(c1)Cc1ccc3c(c1-2)Cc1c-3ccc2c1c1cnccc1n1c3ccncc3nc21. The quantitative estimate of drug-likeness (QED) is 0.243. The minimum atomic E-state index is 0.913. The summed E-state index contributed by atoms with van der Waals surface area (Å²) in [5, 5.41) is 3.62. The third-order valence-corrected chi connectivity index (χ3v) is 8.03. The molecule has 0 unspecified atom stereocenters. The summed E-state index contributed by atoms with van der Waals surface area (Å²) in [5.41, 5.74) is 15.4.